The number of rotatable bonds is 14. The van der Waals surface area contributed by atoms with Gasteiger partial charge >= 0.3 is 0 Å². The lowest BCUT2D eigenvalue weighted by Crippen LogP contribution is -2.20. The van der Waals surface area contributed by atoms with Crippen LogP contribution in [0.2, 0.25) is 0 Å². The minimum Gasteiger partial charge on any atom is -0.489 e. The van der Waals surface area contributed by atoms with E-state index in [-0.39, 0.29) is 11.7 Å². The van der Waals surface area contributed by atoms with E-state index < -0.39 is 5.82 Å². The molecule has 5 aromatic rings. The Bertz CT molecular complexity index is 1720. The van der Waals surface area contributed by atoms with Crippen LogP contribution in [0.4, 0.5) is 4.39 Å². The topological polar surface area (TPSA) is 56.8 Å². The maximum Gasteiger partial charge on any atom is 0.216 e. The molecule has 45 heavy (non-hydrogen) atoms. The lowest BCUT2D eigenvalue weighted by atomic mass is 9.97. The van der Waals surface area contributed by atoms with Gasteiger partial charge in [0.05, 0.1) is 0 Å². The maximum absolute atomic E-state index is 14.1. The molecule has 0 aliphatic carbocycles. The van der Waals surface area contributed by atoms with Crippen LogP contribution in [0.1, 0.15) is 42.0 Å². The third-order valence-corrected chi connectivity index (χ3v) is 7.57. The van der Waals surface area contributed by atoms with Crippen LogP contribution in [-0.2, 0) is 24.4 Å². The van der Waals surface area contributed by atoms with Gasteiger partial charge in [0.1, 0.15) is 30.5 Å². The number of benzene rings is 5. The number of aryl methyl sites for hydroxylation is 1. The summed E-state index contributed by atoms with van der Waals surface area (Å²) in [4.78, 5) is 11.2. The Labute approximate surface area is 264 Å². The van der Waals surface area contributed by atoms with Gasteiger partial charge in [-0.1, -0.05) is 78.9 Å². The van der Waals surface area contributed by atoms with Gasteiger partial charge in [-0.2, -0.15) is 0 Å². The predicted octanol–water partition coefficient (Wildman–Crippen LogP) is 9.21. The van der Waals surface area contributed by atoms with E-state index in [0.717, 1.165) is 41.7 Å². The van der Waals surface area contributed by atoms with Crippen molar-refractivity contribution in [3.05, 3.63) is 143 Å². The summed E-state index contributed by atoms with van der Waals surface area (Å²) in [7, 11) is 0. The Balaban J connectivity index is 1.29. The van der Waals surface area contributed by atoms with Crippen molar-refractivity contribution in [3.63, 3.8) is 0 Å². The number of ether oxygens (including phenoxy) is 3. The van der Waals surface area contributed by atoms with Gasteiger partial charge < -0.3 is 19.5 Å². The first-order valence-corrected chi connectivity index (χ1v) is 15.2. The Morgan fingerprint density at radius 2 is 1.51 bits per heavy atom. The van der Waals surface area contributed by atoms with Crippen molar-refractivity contribution in [2.45, 2.75) is 46.3 Å². The molecule has 0 aromatic heterocycles. The van der Waals surface area contributed by atoms with Gasteiger partial charge in [0.25, 0.3) is 0 Å². The molecule has 0 saturated heterocycles. The summed E-state index contributed by atoms with van der Waals surface area (Å²) >= 11 is 0. The number of carbonyl (C=O) groups is 1. The van der Waals surface area contributed by atoms with E-state index in [0.29, 0.717) is 31.3 Å². The third-order valence-electron chi connectivity index (χ3n) is 7.57. The summed E-state index contributed by atoms with van der Waals surface area (Å²) in [5, 5.41) is 2.85. The average molecular weight is 604 g/mol. The molecule has 0 atom stereocenters. The molecular weight excluding hydrogens is 565 g/mol. The van der Waals surface area contributed by atoms with Gasteiger partial charge in [0.15, 0.2) is 11.6 Å². The Morgan fingerprint density at radius 1 is 0.711 bits per heavy atom. The van der Waals surface area contributed by atoms with Crippen LogP contribution in [0.3, 0.4) is 0 Å². The SMILES string of the molecule is CC(=O)NCCCCc1ccc(OCc2cccc(-c3ccccc3)c2C)cc1OCc1cccc(Oc2ccccc2F)c1. The largest absolute Gasteiger partial charge is 0.489 e. The fourth-order valence-electron chi connectivity index (χ4n) is 5.12. The Kier molecular flexibility index (Phi) is 10.8. The molecule has 0 spiro atoms. The number of nitrogens with one attached hydrogen (secondary N) is 1. The Hall–Kier alpha value is -5.10. The second kappa shape index (κ2) is 15.6. The van der Waals surface area contributed by atoms with Crippen LogP contribution in [-0.4, -0.2) is 12.5 Å². The highest BCUT2D eigenvalue weighted by Crippen LogP contribution is 2.31. The average Bonchev–Trinajstić information content (AvgIpc) is 3.05. The molecule has 5 rings (SSSR count). The first kappa shape index (κ1) is 31.3. The van der Waals surface area contributed by atoms with Gasteiger partial charge in [-0.05, 0) is 89.9 Å². The number of carbonyl (C=O) groups excluding carboxylic acids is 1. The van der Waals surface area contributed by atoms with Gasteiger partial charge in [-0.25, -0.2) is 4.39 Å². The van der Waals surface area contributed by atoms with Crippen LogP contribution in [0.15, 0.2) is 115 Å². The van der Waals surface area contributed by atoms with E-state index in [9.17, 15) is 9.18 Å². The summed E-state index contributed by atoms with van der Waals surface area (Å²) in [6, 6.07) is 36.4. The Morgan fingerprint density at radius 3 is 2.33 bits per heavy atom. The summed E-state index contributed by atoms with van der Waals surface area (Å²) in [6.45, 7) is 5.03. The molecule has 230 valence electrons. The molecule has 6 heteroatoms. The molecule has 1 amide bonds. The number of halogens is 1. The maximum atomic E-state index is 14.1. The van der Waals surface area contributed by atoms with Crippen LogP contribution < -0.4 is 19.5 Å². The van der Waals surface area contributed by atoms with Crippen molar-refractivity contribution in [3.8, 4) is 34.1 Å². The molecule has 0 aliphatic heterocycles. The summed E-state index contributed by atoms with van der Waals surface area (Å²) in [5.74, 6) is 1.72. The normalized spacial score (nSPS) is 10.7. The number of amides is 1. The molecule has 0 saturated carbocycles. The lowest BCUT2D eigenvalue weighted by Gasteiger charge is -2.16. The molecule has 0 aliphatic rings. The number of para-hydroxylation sites is 1. The molecule has 5 nitrogen and oxygen atoms in total. The first-order chi connectivity index (χ1) is 22.0. The smallest absolute Gasteiger partial charge is 0.216 e. The zero-order valence-corrected chi connectivity index (χ0v) is 25.7. The minimum absolute atomic E-state index is 0.0220. The summed E-state index contributed by atoms with van der Waals surface area (Å²) < 4.78 is 32.6. The van der Waals surface area contributed by atoms with Crippen molar-refractivity contribution in [2.75, 3.05) is 6.54 Å². The number of unbranched alkanes of at least 4 members (excludes halogenated alkanes) is 1. The molecule has 5 aromatic carbocycles. The van der Waals surface area contributed by atoms with Gasteiger partial charge in [-0.3, -0.25) is 4.79 Å². The molecule has 1 N–H and O–H groups in total. The number of hydrogen-bond donors (Lipinski definition) is 1. The lowest BCUT2D eigenvalue weighted by molar-refractivity contribution is -0.118. The van der Waals surface area contributed by atoms with E-state index in [4.69, 9.17) is 14.2 Å². The van der Waals surface area contributed by atoms with Crippen molar-refractivity contribution >= 4 is 5.91 Å². The standard InChI is InChI=1S/C39H38FNO4/c1-28-33(16-11-18-36(28)31-13-4-3-5-14-31)27-43-34-22-21-32(15-8-9-23-41-29(2)42)39(25-34)44-26-30-12-10-17-35(24-30)45-38-20-7-6-19-37(38)40/h3-7,10-14,16-22,24-25H,8-9,15,23,26-27H2,1-2H3,(H,41,42). The molecular formula is C39H38FNO4. The predicted molar refractivity (Wildman–Crippen MR) is 176 cm³/mol. The van der Waals surface area contributed by atoms with E-state index in [1.165, 1.54) is 29.7 Å². The fourth-order valence-corrected chi connectivity index (χ4v) is 5.12. The molecule has 0 bridgehead atoms. The van der Waals surface area contributed by atoms with Gasteiger partial charge in [0, 0.05) is 19.5 Å². The summed E-state index contributed by atoms with van der Waals surface area (Å²) in [6.07, 6.45) is 2.56. The highest BCUT2D eigenvalue weighted by molar-refractivity contribution is 5.72. The molecule has 0 heterocycles. The molecule has 0 unspecified atom stereocenters. The second-order valence-corrected chi connectivity index (χ2v) is 10.9. The van der Waals surface area contributed by atoms with Crippen LogP contribution in [0.25, 0.3) is 11.1 Å². The van der Waals surface area contributed by atoms with Crippen molar-refractivity contribution in [2.24, 2.45) is 0 Å². The highest BCUT2D eigenvalue weighted by Gasteiger charge is 2.11. The van der Waals surface area contributed by atoms with E-state index >= 15 is 0 Å². The third kappa shape index (κ3) is 8.96. The fraction of sp³-hybridized carbons (Fsp3) is 0.205. The van der Waals surface area contributed by atoms with Crippen LogP contribution in [0.5, 0.6) is 23.0 Å². The van der Waals surface area contributed by atoms with Crippen molar-refractivity contribution < 1.29 is 23.4 Å². The van der Waals surface area contributed by atoms with Crippen molar-refractivity contribution in [1.82, 2.24) is 5.32 Å². The second-order valence-electron chi connectivity index (χ2n) is 10.9. The molecule has 0 fully saturated rings. The van der Waals surface area contributed by atoms with Gasteiger partial charge in [-0.15, -0.1) is 0 Å². The van der Waals surface area contributed by atoms with Crippen molar-refractivity contribution in [1.29, 1.82) is 0 Å². The highest BCUT2D eigenvalue weighted by atomic mass is 19.1. The zero-order valence-electron chi connectivity index (χ0n) is 25.7. The monoisotopic (exact) mass is 603 g/mol. The zero-order chi connectivity index (χ0) is 31.4. The van der Waals surface area contributed by atoms with Crippen LogP contribution >= 0.6 is 0 Å². The minimum atomic E-state index is -0.416. The van der Waals surface area contributed by atoms with E-state index in [2.05, 4.69) is 42.6 Å². The first-order valence-electron chi connectivity index (χ1n) is 15.2. The quantitative estimate of drug-likeness (QED) is 0.129. The van der Waals surface area contributed by atoms with Gasteiger partial charge in [0.2, 0.25) is 5.91 Å². The van der Waals surface area contributed by atoms with E-state index in [1.54, 1.807) is 24.3 Å². The summed E-state index contributed by atoms with van der Waals surface area (Å²) in [5.41, 5.74) is 6.63. The number of hydrogen-bond acceptors (Lipinski definition) is 4. The van der Waals surface area contributed by atoms with E-state index in [1.807, 2.05) is 54.6 Å². The van der Waals surface area contributed by atoms with Crippen LogP contribution in [0, 0.1) is 12.7 Å². The molecule has 0 radical (unpaired) electrons.